The molecule has 0 saturated carbocycles. The molecule has 4 nitrogen and oxygen atoms in total. The molecule has 1 aromatic rings. The number of benzene rings is 1. The van der Waals surface area contributed by atoms with E-state index in [1.54, 1.807) is 0 Å². The zero-order valence-electron chi connectivity index (χ0n) is 12.5. The van der Waals surface area contributed by atoms with Crippen molar-refractivity contribution in [3.63, 3.8) is 0 Å². The monoisotopic (exact) mass is 279 g/mol. The molecule has 0 radical (unpaired) electrons. The van der Waals surface area contributed by atoms with Crippen molar-refractivity contribution >= 4 is 0 Å². The van der Waals surface area contributed by atoms with Crippen LogP contribution in [0.5, 0.6) is 11.5 Å². The molecule has 1 atom stereocenters. The Hall–Kier alpha value is -1.26. The Morgan fingerprint density at radius 1 is 1.25 bits per heavy atom. The molecular formula is C16H25NO3. The molecule has 0 fully saturated rings. The number of nitrogens with one attached hydrogen (secondary N) is 1. The summed E-state index contributed by atoms with van der Waals surface area (Å²) < 4.78 is 16.8. The fourth-order valence-electron chi connectivity index (χ4n) is 2.26. The fraction of sp³-hybridized carbons (Fsp3) is 0.625. The summed E-state index contributed by atoms with van der Waals surface area (Å²) in [5.74, 6) is 1.78. The predicted molar refractivity (Wildman–Crippen MR) is 79.6 cm³/mol. The van der Waals surface area contributed by atoms with Crippen LogP contribution in [0.3, 0.4) is 0 Å². The summed E-state index contributed by atoms with van der Waals surface area (Å²) in [5.41, 5.74) is 1.22. The van der Waals surface area contributed by atoms with Crippen molar-refractivity contribution in [2.45, 2.75) is 32.7 Å². The number of hydrogen-bond donors (Lipinski definition) is 1. The quantitative estimate of drug-likeness (QED) is 0.706. The van der Waals surface area contributed by atoms with Crippen LogP contribution in [-0.2, 0) is 4.74 Å². The number of hydrogen-bond acceptors (Lipinski definition) is 4. The normalized spacial score (nSPS) is 16.8. The van der Waals surface area contributed by atoms with Crippen LogP contribution in [0.1, 0.15) is 38.3 Å². The van der Waals surface area contributed by atoms with Crippen LogP contribution in [0.15, 0.2) is 18.2 Å². The molecule has 0 aliphatic carbocycles. The van der Waals surface area contributed by atoms with E-state index in [-0.39, 0.29) is 0 Å². The molecule has 4 heteroatoms. The molecule has 0 aromatic heterocycles. The highest BCUT2D eigenvalue weighted by molar-refractivity contribution is 5.45. The van der Waals surface area contributed by atoms with Gasteiger partial charge in [-0.25, -0.2) is 0 Å². The van der Waals surface area contributed by atoms with Gasteiger partial charge in [-0.3, -0.25) is 0 Å². The molecule has 0 bridgehead atoms. The summed E-state index contributed by atoms with van der Waals surface area (Å²) >= 11 is 0. The number of unbranched alkanes of at least 4 members (excludes halogenated alkanes) is 1. The van der Waals surface area contributed by atoms with Crippen LogP contribution in [0, 0.1) is 0 Å². The highest BCUT2D eigenvalue weighted by Gasteiger charge is 2.23. The van der Waals surface area contributed by atoms with Gasteiger partial charge in [-0.05, 0) is 25.1 Å². The van der Waals surface area contributed by atoms with Gasteiger partial charge < -0.3 is 19.5 Å². The van der Waals surface area contributed by atoms with Gasteiger partial charge in [-0.15, -0.1) is 0 Å². The Labute approximate surface area is 121 Å². The second-order valence-corrected chi connectivity index (χ2v) is 4.94. The van der Waals surface area contributed by atoms with Gasteiger partial charge >= 0.3 is 0 Å². The Bertz CT molecular complexity index is 409. The summed E-state index contributed by atoms with van der Waals surface area (Å²) in [6, 6.07) is 6.37. The Balaban J connectivity index is 1.77. The van der Waals surface area contributed by atoms with Gasteiger partial charge in [0.1, 0.15) is 24.7 Å². The zero-order chi connectivity index (χ0) is 14.2. The van der Waals surface area contributed by atoms with E-state index in [2.05, 4.69) is 25.2 Å². The van der Waals surface area contributed by atoms with Crippen LogP contribution < -0.4 is 14.8 Å². The lowest BCUT2D eigenvalue weighted by Gasteiger charge is -2.10. The SMILES string of the molecule is CCCCOCCOc1ccc2c(c1)OCC2NCC. The van der Waals surface area contributed by atoms with E-state index in [1.165, 1.54) is 5.56 Å². The maximum Gasteiger partial charge on any atom is 0.127 e. The van der Waals surface area contributed by atoms with Crippen molar-refractivity contribution in [1.82, 2.24) is 5.32 Å². The number of rotatable bonds is 9. The van der Waals surface area contributed by atoms with E-state index >= 15 is 0 Å². The van der Waals surface area contributed by atoms with Gasteiger partial charge in [0.2, 0.25) is 0 Å². The molecule has 1 aliphatic rings. The average Bonchev–Trinajstić information content (AvgIpc) is 2.86. The van der Waals surface area contributed by atoms with E-state index < -0.39 is 0 Å². The topological polar surface area (TPSA) is 39.7 Å². The second kappa shape index (κ2) is 8.12. The van der Waals surface area contributed by atoms with Crippen LogP contribution in [-0.4, -0.2) is 33.0 Å². The lowest BCUT2D eigenvalue weighted by Crippen LogP contribution is -2.21. The molecular weight excluding hydrogens is 254 g/mol. The van der Waals surface area contributed by atoms with Crippen LogP contribution in [0.4, 0.5) is 0 Å². The smallest absolute Gasteiger partial charge is 0.127 e. The summed E-state index contributed by atoms with van der Waals surface area (Å²) in [7, 11) is 0. The Morgan fingerprint density at radius 2 is 2.15 bits per heavy atom. The van der Waals surface area contributed by atoms with Crippen molar-refractivity contribution in [3.8, 4) is 11.5 Å². The second-order valence-electron chi connectivity index (χ2n) is 4.94. The standard InChI is InChI=1S/C16H25NO3/c1-3-5-8-18-9-10-19-13-6-7-14-15(17-4-2)12-20-16(14)11-13/h6-7,11,15,17H,3-5,8-10,12H2,1-2H3. The van der Waals surface area contributed by atoms with Crippen molar-refractivity contribution in [2.75, 3.05) is 33.0 Å². The lowest BCUT2D eigenvalue weighted by atomic mass is 10.1. The van der Waals surface area contributed by atoms with E-state index in [0.29, 0.717) is 25.9 Å². The maximum absolute atomic E-state index is 5.69. The van der Waals surface area contributed by atoms with Crippen molar-refractivity contribution in [1.29, 1.82) is 0 Å². The number of fused-ring (bicyclic) bond motifs is 1. The molecule has 0 spiro atoms. The van der Waals surface area contributed by atoms with Crippen LogP contribution in [0.2, 0.25) is 0 Å². The number of likely N-dealkylation sites (N-methyl/N-ethyl adjacent to an activating group) is 1. The first kappa shape index (κ1) is 15.1. The largest absolute Gasteiger partial charge is 0.491 e. The summed E-state index contributed by atoms with van der Waals surface area (Å²) in [6.07, 6.45) is 2.27. The minimum Gasteiger partial charge on any atom is -0.491 e. The molecule has 1 aromatic carbocycles. The van der Waals surface area contributed by atoms with E-state index in [4.69, 9.17) is 14.2 Å². The van der Waals surface area contributed by atoms with E-state index in [9.17, 15) is 0 Å². The third kappa shape index (κ3) is 4.12. The lowest BCUT2D eigenvalue weighted by molar-refractivity contribution is 0.0980. The summed E-state index contributed by atoms with van der Waals surface area (Å²) in [4.78, 5) is 0. The summed E-state index contributed by atoms with van der Waals surface area (Å²) in [6.45, 7) is 7.95. The van der Waals surface area contributed by atoms with E-state index in [1.807, 2.05) is 12.1 Å². The Morgan fingerprint density at radius 3 is 2.95 bits per heavy atom. The maximum atomic E-state index is 5.69. The zero-order valence-corrected chi connectivity index (χ0v) is 12.5. The summed E-state index contributed by atoms with van der Waals surface area (Å²) in [5, 5.41) is 3.41. The predicted octanol–water partition coefficient (Wildman–Crippen LogP) is 2.93. The van der Waals surface area contributed by atoms with Gasteiger partial charge in [0, 0.05) is 18.2 Å². The molecule has 2 rings (SSSR count). The first-order valence-corrected chi connectivity index (χ1v) is 7.55. The first-order chi connectivity index (χ1) is 9.85. The molecule has 20 heavy (non-hydrogen) atoms. The third-order valence-corrected chi connectivity index (χ3v) is 3.36. The van der Waals surface area contributed by atoms with Crippen molar-refractivity contribution in [3.05, 3.63) is 23.8 Å². The highest BCUT2D eigenvalue weighted by atomic mass is 16.5. The molecule has 0 amide bonds. The van der Waals surface area contributed by atoms with Crippen molar-refractivity contribution < 1.29 is 14.2 Å². The van der Waals surface area contributed by atoms with Gasteiger partial charge in [0.25, 0.3) is 0 Å². The highest BCUT2D eigenvalue weighted by Crippen LogP contribution is 2.35. The fourth-order valence-corrected chi connectivity index (χ4v) is 2.26. The molecule has 0 saturated heterocycles. The van der Waals surface area contributed by atoms with Gasteiger partial charge in [-0.2, -0.15) is 0 Å². The van der Waals surface area contributed by atoms with Gasteiger partial charge in [0.15, 0.2) is 0 Å². The third-order valence-electron chi connectivity index (χ3n) is 3.36. The van der Waals surface area contributed by atoms with Gasteiger partial charge in [0.05, 0.1) is 12.6 Å². The Kier molecular flexibility index (Phi) is 6.15. The van der Waals surface area contributed by atoms with E-state index in [0.717, 1.165) is 37.5 Å². The molecule has 1 unspecified atom stereocenters. The first-order valence-electron chi connectivity index (χ1n) is 7.55. The van der Waals surface area contributed by atoms with Crippen LogP contribution in [0.25, 0.3) is 0 Å². The minimum atomic E-state index is 0.307. The van der Waals surface area contributed by atoms with Gasteiger partial charge in [-0.1, -0.05) is 20.3 Å². The average molecular weight is 279 g/mol. The molecule has 112 valence electrons. The molecule has 1 heterocycles. The molecule has 1 aliphatic heterocycles. The van der Waals surface area contributed by atoms with Crippen LogP contribution >= 0.6 is 0 Å². The molecule has 1 N–H and O–H groups in total. The van der Waals surface area contributed by atoms with Crippen molar-refractivity contribution in [2.24, 2.45) is 0 Å². The minimum absolute atomic E-state index is 0.307. The number of ether oxygens (including phenoxy) is 3.